The van der Waals surface area contributed by atoms with Crippen molar-refractivity contribution in [2.75, 3.05) is 18.0 Å². The van der Waals surface area contributed by atoms with E-state index in [9.17, 15) is 18.0 Å². The Balaban J connectivity index is 1.56. The first-order chi connectivity index (χ1) is 23.3. The Morgan fingerprint density at radius 2 is 1.46 bits per heavy atom. The van der Waals surface area contributed by atoms with Crippen LogP contribution in [-0.4, -0.2) is 50.9 Å². The van der Waals surface area contributed by atoms with Crippen LogP contribution in [0.4, 0.5) is 5.69 Å². The van der Waals surface area contributed by atoms with Crippen LogP contribution in [0.15, 0.2) is 114 Å². The minimum atomic E-state index is -4.15. The van der Waals surface area contributed by atoms with E-state index in [-0.39, 0.29) is 29.8 Å². The number of sulfonamides is 1. The maximum absolute atomic E-state index is 14.7. The maximum Gasteiger partial charge on any atom is 0.264 e. The average Bonchev–Trinajstić information content (AvgIpc) is 3.13. The Labute approximate surface area is 284 Å². The minimum Gasteiger partial charge on any atom is -0.497 e. The summed E-state index contributed by atoms with van der Waals surface area (Å²) >= 11 is 0. The summed E-state index contributed by atoms with van der Waals surface area (Å²) in [6.07, 6.45) is 6.08. The van der Waals surface area contributed by atoms with Crippen LogP contribution in [0.3, 0.4) is 0 Å². The quantitative estimate of drug-likeness (QED) is 0.165. The second-order valence-electron chi connectivity index (χ2n) is 12.3. The van der Waals surface area contributed by atoms with Crippen LogP contribution in [0.1, 0.15) is 55.7 Å². The third-order valence-electron chi connectivity index (χ3n) is 8.95. The molecule has 8 nitrogen and oxygen atoms in total. The lowest BCUT2D eigenvalue weighted by molar-refractivity contribution is -0.140. The van der Waals surface area contributed by atoms with Crippen LogP contribution < -0.4 is 14.4 Å². The smallest absolute Gasteiger partial charge is 0.264 e. The summed E-state index contributed by atoms with van der Waals surface area (Å²) in [7, 11) is -2.57. The van der Waals surface area contributed by atoms with Crippen molar-refractivity contribution in [3.63, 3.8) is 0 Å². The number of carbonyl (C=O) groups excluding carboxylic acids is 2. The van der Waals surface area contributed by atoms with E-state index in [1.807, 2.05) is 73.7 Å². The van der Waals surface area contributed by atoms with Gasteiger partial charge in [0.15, 0.2) is 0 Å². The first-order valence-electron chi connectivity index (χ1n) is 16.7. The normalized spacial score (nSPS) is 14.1. The summed E-state index contributed by atoms with van der Waals surface area (Å²) in [5.41, 5.74) is 3.07. The van der Waals surface area contributed by atoms with Gasteiger partial charge in [-0.15, -0.1) is 0 Å². The van der Waals surface area contributed by atoms with Gasteiger partial charge in [-0.25, -0.2) is 8.42 Å². The molecule has 1 unspecified atom stereocenters. The van der Waals surface area contributed by atoms with E-state index in [2.05, 4.69) is 5.32 Å². The first kappa shape index (κ1) is 34.7. The largest absolute Gasteiger partial charge is 0.497 e. The second-order valence-corrected chi connectivity index (χ2v) is 14.1. The highest BCUT2D eigenvalue weighted by Gasteiger charge is 2.35. The van der Waals surface area contributed by atoms with Crippen molar-refractivity contribution in [3.8, 4) is 5.75 Å². The fourth-order valence-electron chi connectivity index (χ4n) is 6.21. The van der Waals surface area contributed by atoms with Crippen LogP contribution >= 0.6 is 0 Å². The predicted octanol–water partition coefficient (Wildman–Crippen LogP) is 6.54. The monoisotopic (exact) mass is 667 g/mol. The van der Waals surface area contributed by atoms with E-state index >= 15 is 0 Å². The summed E-state index contributed by atoms with van der Waals surface area (Å²) in [6.45, 7) is 1.62. The van der Waals surface area contributed by atoms with Gasteiger partial charge >= 0.3 is 0 Å². The lowest BCUT2D eigenvalue weighted by Crippen LogP contribution is -2.55. The number of rotatable bonds is 14. The van der Waals surface area contributed by atoms with Gasteiger partial charge in [-0.2, -0.15) is 0 Å². The van der Waals surface area contributed by atoms with E-state index in [0.29, 0.717) is 11.4 Å². The fourth-order valence-corrected chi connectivity index (χ4v) is 7.65. The topological polar surface area (TPSA) is 96.0 Å². The van der Waals surface area contributed by atoms with Crippen LogP contribution in [0.2, 0.25) is 0 Å². The summed E-state index contributed by atoms with van der Waals surface area (Å²) in [6, 6.07) is 31.5. The molecular formula is C39H45N3O5S. The maximum atomic E-state index is 14.7. The van der Waals surface area contributed by atoms with E-state index in [4.69, 9.17) is 4.74 Å². The Kier molecular flexibility index (Phi) is 11.9. The number of ether oxygens (including phenoxy) is 1. The molecule has 0 heterocycles. The molecular weight excluding hydrogens is 623 g/mol. The number of hydrogen-bond donors (Lipinski definition) is 1. The summed E-state index contributed by atoms with van der Waals surface area (Å²) in [5.74, 6) is -0.112. The Morgan fingerprint density at radius 3 is 2.10 bits per heavy atom. The highest BCUT2D eigenvalue weighted by atomic mass is 32.2. The number of methoxy groups -OCH3 is 1. The number of carbonyl (C=O) groups is 2. The first-order valence-corrected chi connectivity index (χ1v) is 18.2. The summed E-state index contributed by atoms with van der Waals surface area (Å²) < 4.78 is 35.0. The molecule has 0 aliphatic heterocycles. The third-order valence-corrected chi connectivity index (χ3v) is 10.7. The van der Waals surface area contributed by atoms with Gasteiger partial charge in [-0.1, -0.05) is 99.0 Å². The fraction of sp³-hybridized carbons (Fsp3) is 0.333. The number of nitrogens with zero attached hydrogens (tertiary/aromatic N) is 2. The molecule has 0 spiro atoms. The minimum absolute atomic E-state index is 0.0327. The summed E-state index contributed by atoms with van der Waals surface area (Å²) in [4.78, 5) is 30.6. The van der Waals surface area contributed by atoms with Crippen molar-refractivity contribution in [3.05, 3.63) is 126 Å². The molecule has 48 heavy (non-hydrogen) atoms. The lowest BCUT2D eigenvalue weighted by Gasteiger charge is -2.35. The zero-order valence-corrected chi connectivity index (χ0v) is 28.6. The molecule has 5 rings (SSSR count). The van der Waals surface area contributed by atoms with Gasteiger partial charge in [0.2, 0.25) is 11.8 Å². The second kappa shape index (κ2) is 16.5. The number of hydrogen-bond acceptors (Lipinski definition) is 5. The van der Waals surface area contributed by atoms with E-state index in [0.717, 1.165) is 59.5 Å². The molecule has 9 heteroatoms. The van der Waals surface area contributed by atoms with Crippen molar-refractivity contribution < 1.29 is 22.7 Å². The molecule has 1 atom stereocenters. The molecule has 0 aromatic heterocycles. The molecule has 1 aliphatic rings. The van der Waals surface area contributed by atoms with Gasteiger partial charge < -0.3 is 15.0 Å². The Morgan fingerprint density at radius 1 is 0.812 bits per heavy atom. The van der Waals surface area contributed by atoms with Crippen molar-refractivity contribution in [1.29, 1.82) is 0 Å². The van der Waals surface area contributed by atoms with Crippen LogP contribution in [0.5, 0.6) is 5.75 Å². The zero-order valence-electron chi connectivity index (χ0n) is 27.8. The van der Waals surface area contributed by atoms with Crippen LogP contribution in [0, 0.1) is 0 Å². The highest BCUT2D eigenvalue weighted by molar-refractivity contribution is 7.92. The number of benzene rings is 4. The molecule has 1 aliphatic carbocycles. The zero-order chi connectivity index (χ0) is 33.9. The predicted molar refractivity (Wildman–Crippen MR) is 189 cm³/mol. The Bertz CT molecular complexity index is 1740. The molecule has 1 saturated carbocycles. The van der Waals surface area contributed by atoms with Crippen molar-refractivity contribution in [2.45, 2.75) is 75.4 Å². The highest BCUT2D eigenvalue weighted by Crippen LogP contribution is 2.26. The molecule has 252 valence electrons. The number of aryl methyl sites for hydroxylation is 1. The standard InChI is InChI=1S/C39H45N3O5S/c1-3-30-22-24-34(25-23-30)42(48(45,46)36-20-11-6-12-21-36)29-38(43)41(28-32-16-13-19-35(26-32)47-2)37(27-31-14-7-4-8-15-31)39(44)40-33-17-9-5-10-18-33/h4,6-8,11-16,19-26,33,37H,3,5,9-10,17-18,27-29H2,1-2H3,(H,40,44). The van der Waals surface area contributed by atoms with Crippen molar-refractivity contribution in [2.24, 2.45) is 0 Å². The number of nitrogens with one attached hydrogen (secondary N) is 1. The number of amides is 2. The van der Waals surface area contributed by atoms with E-state index in [1.54, 1.807) is 37.4 Å². The molecule has 4 aromatic rings. The third kappa shape index (κ3) is 8.83. The van der Waals surface area contributed by atoms with Gasteiger partial charge in [-0.05, 0) is 72.4 Å². The molecule has 0 saturated heterocycles. The van der Waals surface area contributed by atoms with Gasteiger partial charge in [-0.3, -0.25) is 13.9 Å². The molecule has 0 radical (unpaired) electrons. The molecule has 1 fully saturated rings. The van der Waals surface area contributed by atoms with Gasteiger partial charge in [0.25, 0.3) is 10.0 Å². The molecule has 4 aromatic carbocycles. The molecule has 1 N–H and O–H groups in total. The van der Waals surface area contributed by atoms with Gasteiger partial charge in [0.05, 0.1) is 17.7 Å². The Hall–Kier alpha value is -4.63. The average molecular weight is 668 g/mol. The number of anilines is 1. The van der Waals surface area contributed by atoms with Crippen LogP contribution in [-0.2, 0) is 39.0 Å². The summed E-state index contributed by atoms with van der Waals surface area (Å²) in [5, 5.41) is 3.25. The van der Waals surface area contributed by atoms with Gasteiger partial charge in [0.1, 0.15) is 18.3 Å². The van der Waals surface area contributed by atoms with E-state index in [1.165, 1.54) is 17.0 Å². The SMILES string of the molecule is CCc1ccc(N(CC(=O)N(Cc2cccc(OC)c2)C(Cc2ccccc2)C(=O)NC2CCCCC2)S(=O)(=O)c2ccccc2)cc1. The van der Waals surface area contributed by atoms with Crippen molar-refractivity contribution >= 4 is 27.5 Å². The molecule has 2 amide bonds. The van der Waals surface area contributed by atoms with Crippen molar-refractivity contribution in [1.82, 2.24) is 10.2 Å². The lowest BCUT2D eigenvalue weighted by atomic mass is 9.94. The molecule has 0 bridgehead atoms. The van der Waals surface area contributed by atoms with Gasteiger partial charge in [0, 0.05) is 19.0 Å². The van der Waals surface area contributed by atoms with E-state index < -0.39 is 28.5 Å². The van der Waals surface area contributed by atoms with Crippen LogP contribution in [0.25, 0.3) is 0 Å².